The lowest BCUT2D eigenvalue weighted by molar-refractivity contribution is 0.0948. The topological polar surface area (TPSA) is 46.4 Å². The largest absolute Gasteiger partial charge is 0.347 e. The van der Waals surface area contributed by atoms with Crippen LogP contribution in [0.15, 0.2) is 54.7 Å². The Morgan fingerprint density at radius 2 is 1.80 bits per heavy atom. The number of carbonyl (C=O) groups is 1. The van der Waals surface area contributed by atoms with E-state index < -0.39 is 0 Å². The molecule has 1 aliphatic carbocycles. The average Bonchev–Trinajstić information content (AvgIpc) is 3.07. The van der Waals surface area contributed by atoms with Crippen molar-refractivity contribution in [3.8, 4) is 0 Å². The van der Waals surface area contributed by atoms with Gasteiger partial charge in [-0.15, -0.1) is 0 Å². The van der Waals surface area contributed by atoms with Crippen LogP contribution in [0.5, 0.6) is 0 Å². The average molecular weight is 333 g/mol. The lowest BCUT2D eigenvalue weighted by atomic mass is 9.89. The summed E-state index contributed by atoms with van der Waals surface area (Å²) in [6.07, 6.45) is 8.17. The minimum absolute atomic E-state index is 0.102. The maximum Gasteiger partial charge on any atom is 0.272 e. The predicted octanol–water partition coefficient (Wildman–Crippen LogP) is 4.31. The number of pyridine rings is 1. The minimum Gasteiger partial charge on any atom is -0.347 e. The van der Waals surface area contributed by atoms with Crippen molar-refractivity contribution in [3.05, 3.63) is 71.8 Å². The molecule has 4 nitrogen and oxygen atoms in total. The van der Waals surface area contributed by atoms with Gasteiger partial charge in [0.2, 0.25) is 0 Å². The summed E-state index contributed by atoms with van der Waals surface area (Å²) in [5.74, 6) is 1.40. The van der Waals surface area contributed by atoms with E-state index in [9.17, 15) is 4.79 Å². The van der Waals surface area contributed by atoms with Gasteiger partial charge in [0.15, 0.2) is 5.69 Å². The Morgan fingerprint density at radius 1 is 1.04 bits per heavy atom. The van der Waals surface area contributed by atoms with E-state index in [0.29, 0.717) is 18.2 Å². The van der Waals surface area contributed by atoms with Gasteiger partial charge in [-0.05, 0) is 30.5 Å². The molecule has 3 aromatic rings. The molecule has 1 aromatic carbocycles. The van der Waals surface area contributed by atoms with Crippen LogP contribution in [0, 0.1) is 0 Å². The number of fused-ring (bicyclic) bond motifs is 1. The van der Waals surface area contributed by atoms with Crippen LogP contribution in [0.3, 0.4) is 0 Å². The Kier molecular flexibility index (Phi) is 4.51. The van der Waals surface area contributed by atoms with Crippen molar-refractivity contribution >= 4 is 11.4 Å². The minimum atomic E-state index is -0.102. The Hall–Kier alpha value is -2.62. The number of nitrogens with zero attached hydrogens (tertiary/aromatic N) is 2. The summed E-state index contributed by atoms with van der Waals surface area (Å²) >= 11 is 0. The summed E-state index contributed by atoms with van der Waals surface area (Å²) in [5.41, 5.74) is 2.53. The van der Waals surface area contributed by atoms with E-state index in [2.05, 4.69) is 9.72 Å². The van der Waals surface area contributed by atoms with Crippen molar-refractivity contribution in [2.45, 2.75) is 44.6 Å². The third kappa shape index (κ3) is 3.29. The third-order valence-electron chi connectivity index (χ3n) is 5.06. The first-order valence-electron chi connectivity index (χ1n) is 9.12. The Labute approximate surface area is 147 Å². The van der Waals surface area contributed by atoms with Gasteiger partial charge in [0.25, 0.3) is 5.91 Å². The first-order chi connectivity index (χ1) is 12.3. The molecule has 0 unspecified atom stereocenters. The molecule has 1 amide bonds. The first kappa shape index (κ1) is 15.9. The monoisotopic (exact) mass is 333 g/mol. The Balaban J connectivity index is 1.61. The Bertz CT molecular complexity index is 863. The molecule has 2 heterocycles. The van der Waals surface area contributed by atoms with E-state index in [1.165, 1.54) is 32.1 Å². The molecule has 1 N–H and O–H groups in total. The van der Waals surface area contributed by atoms with E-state index >= 15 is 0 Å². The van der Waals surface area contributed by atoms with Gasteiger partial charge in [-0.25, -0.2) is 4.98 Å². The lowest BCUT2D eigenvalue weighted by Crippen LogP contribution is -2.23. The van der Waals surface area contributed by atoms with E-state index in [1.54, 1.807) is 0 Å². The van der Waals surface area contributed by atoms with Gasteiger partial charge in [0.1, 0.15) is 5.82 Å². The molecule has 0 spiro atoms. The molecule has 1 fully saturated rings. The third-order valence-corrected chi connectivity index (χ3v) is 5.06. The fraction of sp³-hybridized carbons (Fsp3) is 0.333. The molecule has 1 saturated carbocycles. The van der Waals surface area contributed by atoms with Crippen molar-refractivity contribution in [1.29, 1.82) is 0 Å². The number of nitrogens with one attached hydrogen (secondary N) is 1. The number of hydrogen-bond acceptors (Lipinski definition) is 2. The second kappa shape index (κ2) is 7.09. The molecule has 128 valence electrons. The smallest absolute Gasteiger partial charge is 0.272 e. The molecular formula is C21H23N3O. The van der Waals surface area contributed by atoms with E-state index in [1.807, 2.05) is 54.7 Å². The van der Waals surface area contributed by atoms with Crippen LogP contribution in [0.25, 0.3) is 5.52 Å². The summed E-state index contributed by atoms with van der Waals surface area (Å²) in [5, 5.41) is 3.01. The van der Waals surface area contributed by atoms with Gasteiger partial charge in [-0.2, -0.15) is 0 Å². The molecule has 0 bridgehead atoms. The van der Waals surface area contributed by atoms with Gasteiger partial charge in [-0.3, -0.25) is 4.79 Å². The Morgan fingerprint density at radius 3 is 2.60 bits per heavy atom. The highest BCUT2D eigenvalue weighted by molar-refractivity contribution is 5.99. The van der Waals surface area contributed by atoms with Crippen molar-refractivity contribution in [2.24, 2.45) is 0 Å². The van der Waals surface area contributed by atoms with E-state index in [0.717, 1.165) is 16.9 Å². The van der Waals surface area contributed by atoms with Gasteiger partial charge in [0.05, 0.1) is 5.52 Å². The number of benzene rings is 1. The molecule has 0 radical (unpaired) electrons. The zero-order chi connectivity index (χ0) is 17.1. The first-order valence-corrected chi connectivity index (χ1v) is 9.12. The molecule has 2 aromatic heterocycles. The van der Waals surface area contributed by atoms with Gasteiger partial charge in [-0.1, -0.05) is 55.7 Å². The maximum atomic E-state index is 12.7. The van der Waals surface area contributed by atoms with Crippen LogP contribution in [0.1, 0.15) is 59.9 Å². The van der Waals surface area contributed by atoms with Crippen molar-refractivity contribution in [1.82, 2.24) is 14.7 Å². The number of rotatable bonds is 4. The molecule has 0 aliphatic heterocycles. The molecule has 25 heavy (non-hydrogen) atoms. The molecule has 1 aliphatic rings. The molecular weight excluding hydrogens is 310 g/mol. The summed E-state index contributed by atoms with van der Waals surface area (Å²) in [7, 11) is 0. The predicted molar refractivity (Wildman–Crippen MR) is 98.6 cm³/mol. The standard InChI is InChI=1S/C21H23N3O/c25-21(22-15-16-9-3-1-4-10-16)19-18-13-7-8-14-24(18)20(23-19)17-11-5-2-6-12-17/h1,3-4,7-10,13-14,17H,2,5-6,11-12,15H2,(H,22,25). The highest BCUT2D eigenvalue weighted by atomic mass is 16.1. The van der Waals surface area contributed by atoms with Gasteiger partial charge in [0, 0.05) is 18.7 Å². The summed E-state index contributed by atoms with van der Waals surface area (Å²) < 4.78 is 2.10. The number of amides is 1. The summed E-state index contributed by atoms with van der Waals surface area (Å²) in [6.45, 7) is 0.518. The maximum absolute atomic E-state index is 12.7. The number of carbonyl (C=O) groups excluding carboxylic acids is 1. The summed E-state index contributed by atoms with van der Waals surface area (Å²) in [4.78, 5) is 17.5. The zero-order valence-electron chi connectivity index (χ0n) is 14.3. The normalized spacial score (nSPS) is 15.4. The number of imidazole rings is 1. The fourth-order valence-electron chi connectivity index (χ4n) is 3.74. The van der Waals surface area contributed by atoms with Crippen LogP contribution in [0.4, 0.5) is 0 Å². The molecule has 4 heteroatoms. The second-order valence-electron chi connectivity index (χ2n) is 6.78. The van der Waals surface area contributed by atoms with Gasteiger partial charge >= 0.3 is 0 Å². The van der Waals surface area contributed by atoms with Gasteiger partial charge < -0.3 is 9.72 Å². The van der Waals surface area contributed by atoms with Crippen molar-refractivity contribution in [2.75, 3.05) is 0 Å². The molecule has 0 saturated heterocycles. The number of hydrogen-bond donors (Lipinski definition) is 1. The SMILES string of the molecule is O=C(NCc1ccccc1)c1nc(C2CCCCC2)n2ccccc12. The number of aromatic nitrogens is 2. The lowest BCUT2D eigenvalue weighted by Gasteiger charge is -2.20. The van der Waals surface area contributed by atoms with Crippen LogP contribution in [0.2, 0.25) is 0 Å². The van der Waals surface area contributed by atoms with Crippen molar-refractivity contribution < 1.29 is 4.79 Å². The molecule has 0 atom stereocenters. The van der Waals surface area contributed by atoms with Crippen LogP contribution < -0.4 is 5.32 Å². The van der Waals surface area contributed by atoms with Crippen LogP contribution in [-0.4, -0.2) is 15.3 Å². The zero-order valence-corrected chi connectivity index (χ0v) is 14.3. The highest BCUT2D eigenvalue weighted by Crippen LogP contribution is 2.33. The quantitative estimate of drug-likeness (QED) is 0.773. The second-order valence-corrected chi connectivity index (χ2v) is 6.78. The summed E-state index contributed by atoms with van der Waals surface area (Å²) in [6, 6.07) is 15.9. The van der Waals surface area contributed by atoms with Crippen molar-refractivity contribution in [3.63, 3.8) is 0 Å². The van der Waals surface area contributed by atoms with E-state index in [-0.39, 0.29) is 5.91 Å². The van der Waals surface area contributed by atoms with Crippen LogP contribution in [-0.2, 0) is 6.54 Å². The van der Waals surface area contributed by atoms with E-state index in [4.69, 9.17) is 4.98 Å². The fourth-order valence-corrected chi connectivity index (χ4v) is 3.74. The molecule has 4 rings (SSSR count). The highest BCUT2D eigenvalue weighted by Gasteiger charge is 2.24. The van der Waals surface area contributed by atoms with Crippen LogP contribution >= 0.6 is 0 Å².